The van der Waals surface area contributed by atoms with Gasteiger partial charge in [-0.15, -0.1) is 0 Å². The van der Waals surface area contributed by atoms with Crippen molar-refractivity contribution in [3.8, 4) is 0 Å². The number of benzene rings is 1. The van der Waals surface area contributed by atoms with Crippen LogP contribution in [-0.4, -0.2) is 37.9 Å². The Morgan fingerprint density at radius 2 is 1.53 bits per heavy atom. The molecule has 19 heavy (non-hydrogen) atoms. The highest BCUT2D eigenvalue weighted by atomic mass is 32.3. The van der Waals surface area contributed by atoms with Crippen LogP contribution >= 0.6 is 0 Å². The average Bonchev–Trinajstić information content (AvgIpc) is 2.29. The van der Waals surface area contributed by atoms with Crippen molar-refractivity contribution in [2.75, 3.05) is 3.71 Å². The first kappa shape index (κ1) is 15.9. The summed E-state index contributed by atoms with van der Waals surface area (Å²) in [5.74, 6) is 0. The number of sulfonamides is 2. The van der Waals surface area contributed by atoms with Crippen LogP contribution in [0.5, 0.6) is 0 Å². The Hall–Kier alpha value is -1.16. The van der Waals surface area contributed by atoms with Gasteiger partial charge in [0, 0.05) is 6.07 Å². The molecule has 0 spiro atoms. The summed E-state index contributed by atoms with van der Waals surface area (Å²) in [5.41, 5.74) is -4.20. The molecule has 9 heteroatoms. The molecule has 7 nitrogen and oxygen atoms in total. The monoisotopic (exact) mass is 308 g/mol. The number of nitrogens with zero attached hydrogens (tertiary/aromatic N) is 1. The van der Waals surface area contributed by atoms with Crippen molar-refractivity contribution in [1.29, 1.82) is 0 Å². The summed E-state index contributed by atoms with van der Waals surface area (Å²) >= 11 is 0. The molecule has 1 radical (unpaired) electrons. The van der Waals surface area contributed by atoms with Gasteiger partial charge in [0.2, 0.25) is 0 Å². The molecule has 0 aromatic heterocycles. The number of hydrogen-bond donors (Lipinski definition) is 2. The highest BCUT2D eigenvalue weighted by Gasteiger charge is 2.40. The molecule has 0 aliphatic carbocycles. The van der Waals surface area contributed by atoms with Gasteiger partial charge in [0.1, 0.15) is 0 Å². The molecule has 0 fully saturated rings. The van der Waals surface area contributed by atoms with Crippen molar-refractivity contribution < 1.29 is 27.0 Å². The van der Waals surface area contributed by atoms with E-state index in [1.807, 2.05) is 0 Å². The summed E-state index contributed by atoms with van der Waals surface area (Å²) in [6.07, 6.45) is 0. The second-order valence-electron chi connectivity index (χ2n) is 3.73. The van der Waals surface area contributed by atoms with Gasteiger partial charge in [-0.2, -0.15) is 3.71 Å². The maximum Gasteiger partial charge on any atom is 0.274 e. The third-order valence-corrected chi connectivity index (χ3v) is 6.50. The molecule has 0 bridgehead atoms. The fraction of sp³-hybridized carbons (Fsp3) is 0.400. The summed E-state index contributed by atoms with van der Waals surface area (Å²) in [7, 11) is -9.17. The Bertz CT molecular complexity index is 583. The summed E-state index contributed by atoms with van der Waals surface area (Å²) in [6.45, 7) is 1.84. The van der Waals surface area contributed by atoms with Gasteiger partial charge < -0.3 is 10.2 Å². The molecule has 0 amide bonds. The molecule has 0 aliphatic rings. The second-order valence-corrected chi connectivity index (χ2v) is 8.12. The van der Waals surface area contributed by atoms with Gasteiger partial charge in [-0.1, -0.05) is 18.2 Å². The molecule has 2 N–H and O–H groups in total. The average molecular weight is 308 g/mol. The Morgan fingerprint density at radius 1 is 1.05 bits per heavy atom. The summed E-state index contributed by atoms with van der Waals surface area (Å²) in [6, 6.07) is 7.88. The van der Waals surface area contributed by atoms with Crippen LogP contribution in [0, 0.1) is 6.07 Å². The lowest BCUT2D eigenvalue weighted by atomic mass is 10.3. The normalized spacial score (nSPS) is 15.8. The number of aliphatic hydroxyl groups is 2. The number of aliphatic hydroxyl groups excluding tert-OH is 2. The first-order chi connectivity index (χ1) is 8.61. The summed E-state index contributed by atoms with van der Waals surface area (Å²) in [4.78, 5) is 0. The lowest BCUT2D eigenvalue weighted by Gasteiger charge is -2.26. The predicted octanol–water partition coefficient (Wildman–Crippen LogP) is -0.371. The number of para-hydroxylation sites is 1. The zero-order valence-electron chi connectivity index (χ0n) is 10.3. The molecule has 1 aromatic rings. The van der Waals surface area contributed by atoms with Crippen LogP contribution < -0.4 is 3.71 Å². The lowest BCUT2D eigenvalue weighted by molar-refractivity contribution is 0.264. The van der Waals surface area contributed by atoms with E-state index in [9.17, 15) is 27.0 Å². The lowest BCUT2D eigenvalue weighted by Crippen LogP contribution is -2.45. The van der Waals surface area contributed by atoms with Gasteiger partial charge in [0.05, 0.1) is 5.69 Å². The molecule has 2 atom stereocenters. The van der Waals surface area contributed by atoms with Crippen molar-refractivity contribution >= 4 is 25.7 Å². The van der Waals surface area contributed by atoms with Crippen LogP contribution in [0.3, 0.4) is 0 Å². The fourth-order valence-corrected chi connectivity index (χ4v) is 4.43. The molecule has 1 aromatic carbocycles. The molecule has 0 saturated heterocycles. The predicted molar refractivity (Wildman–Crippen MR) is 69.0 cm³/mol. The van der Waals surface area contributed by atoms with Gasteiger partial charge in [-0.3, -0.25) is 0 Å². The molecule has 107 valence electrons. The Balaban J connectivity index is 3.55. The molecular weight excluding hydrogens is 294 g/mol. The quantitative estimate of drug-likeness (QED) is 0.767. The highest BCUT2D eigenvalue weighted by Crippen LogP contribution is 2.25. The molecule has 1 rings (SSSR count). The van der Waals surface area contributed by atoms with Crippen molar-refractivity contribution in [3.05, 3.63) is 30.3 Å². The SMILES string of the molecule is CC(O)S(=O)(=O)N(c1[c]cccc1)S(=O)(=O)C(C)O. The van der Waals surface area contributed by atoms with Crippen LogP contribution in [0.1, 0.15) is 13.8 Å². The van der Waals surface area contributed by atoms with Crippen LogP contribution in [-0.2, 0) is 20.0 Å². The number of anilines is 1. The minimum atomic E-state index is -4.59. The van der Waals surface area contributed by atoms with Crippen molar-refractivity contribution in [1.82, 2.24) is 0 Å². The van der Waals surface area contributed by atoms with E-state index in [1.165, 1.54) is 24.3 Å². The van der Waals surface area contributed by atoms with E-state index in [4.69, 9.17) is 0 Å². The fourth-order valence-electron chi connectivity index (χ4n) is 1.19. The largest absolute Gasteiger partial charge is 0.376 e. The zero-order valence-corrected chi connectivity index (χ0v) is 11.9. The maximum atomic E-state index is 11.9. The first-order valence-corrected chi connectivity index (χ1v) is 8.23. The molecular formula is C10H14NO6S2. The topological polar surface area (TPSA) is 112 Å². The van der Waals surface area contributed by atoms with Crippen LogP contribution in [0.2, 0.25) is 0 Å². The minimum absolute atomic E-state index is 0.00463. The van der Waals surface area contributed by atoms with Crippen molar-refractivity contribution in [3.63, 3.8) is 0 Å². The van der Waals surface area contributed by atoms with Gasteiger partial charge in [0.25, 0.3) is 20.0 Å². The maximum absolute atomic E-state index is 11.9. The second kappa shape index (κ2) is 5.45. The van der Waals surface area contributed by atoms with E-state index in [2.05, 4.69) is 6.07 Å². The van der Waals surface area contributed by atoms with Crippen LogP contribution in [0.15, 0.2) is 24.3 Å². The minimum Gasteiger partial charge on any atom is -0.376 e. The number of hydrogen-bond acceptors (Lipinski definition) is 6. The first-order valence-electron chi connectivity index (χ1n) is 5.23. The van der Waals surface area contributed by atoms with Gasteiger partial charge in [-0.25, -0.2) is 16.8 Å². The molecule has 2 unspecified atom stereocenters. The summed E-state index contributed by atoms with van der Waals surface area (Å²) in [5, 5.41) is 18.5. The zero-order chi connectivity index (χ0) is 14.8. The number of rotatable bonds is 5. The summed E-state index contributed by atoms with van der Waals surface area (Å²) < 4.78 is 47.8. The van der Waals surface area contributed by atoms with Gasteiger partial charge in [0.15, 0.2) is 10.9 Å². The van der Waals surface area contributed by atoms with E-state index in [1.54, 1.807) is 0 Å². The smallest absolute Gasteiger partial charge is 0.274 e. The Morgan fingerprint density at radius 3 is 1.84 bits per heavy atom. The third kappa shape index (κ3) is 3.06. The standard InChI is InChI=1S/C10H14NO6S2/c1-8(12)18(14,15)11(19(16,17)9(2)13)10-6-4-3-5-7-10/h3-6,8-9,12-13H,1-2H3. The van der Waals surface area contributed by atoms with Gasteiger partial charge in [-0.05, 0) is 19.9 Å². The van der Waals surface area contributed by atoms with Gasteiger partial charge >= 0.3 is 0 Å². The highest BCUT2D eigenvalue weighted by molar-refractivity contribution is 8.10. The van der Waals surface area contributed by atoms with E-state index >= 15 is 0 Å². The van der Waals surface area contributed by atoms with Crippen molar-refractivity contribution in [2.45, 2.75) is 24.7 Å². The Kier molecular flexibility index (Phi) is 4.56. The van der Waals surface area contributed by atoms with E-state index in [0.29, 0.717) is 0 Å². The van der Waals surface area contributed by atoms with E-state index < -0.39 is 30.9 Å². The van der Waals surface area contributed by atoms with Crippen LogP contribution in [0.25, 0.3) is 0 Å². The Labute approximate surface area is 112 Å². The third-order valence-electron chi connectivity index (χ3n) is 2.21. The van der Waals surface area contributed by atoms with E-state index in [0.717, 1.165) is 13.8 Å². The van der Waals surface area contributed by atoms with E-state index in [-0.39, 0.29) is 9.40 Å². The van der Waals surface area contributed by atoms with Crippen LogP contribution in [0.4, 0.5) is 5.69 Å². The molecule has 0 heterocycles. The van der Waals surface area contributed by atoms with Crippen molar-refractivity contribution in [2.24, 2.45) is 0 Å². The molecule has 0 aliphatic heterocycles. The molecule has 0 saturated carbocycles.